The van der Waals surface area contributed by atoms with E-state index in [2.05, 4.69) is 15.0 Å². The molecule has 0 aliphatic heterocycles. The van der Waals surface area contributed by atoms with Crippen LogP contribution in [0.25, 0.3) is 11.2 Å². The number of aromatic nitrogens is 4. The van der Waals surface area contributed by atoms with Gasteiger partial charge >= 0.3 is 14.1 Å². The molecule has 200 valence electrons. The second-order valence-corrected chi connectivity index (χ2v) is 10.7. The molecule has 1 fully saturated rings. The number of hydrogen-bond donors (Lipinski definition) is 2. The van der Waals surface area contributed by atoms with E-state index in [1.54, 1.807) is 36.0 Å². The molecule has 2 aromatic heterocycles. The minimum Gasteiger partial charge on any atom is -0.481 e. The molecule has 3 aromatic rings. The first-order chi connectivity index (χ1) is 18.3. The zero-order chi connectivity index (χ0) is 27.2. The molecule has 3 N–H and O–H groups in total. The maximum Gasteiger partial charge on any atom is 0.669 e. The van der Waals surface area contributed by atoms with Crippen LogP contribution in [0.4, 0.5) is 5.82 Å². The first-order valence-electron chi connectivity index (χ1n) is 12.5. The summed E-state index contributed by atoms with van der Waals surface area (Å²) in [4.78, 5) is 24.6. The number of fused-ring (bicyclic) bond motifs is 1. The highest BCUT2D eigenvalue weighted by molar-refractivity contribution is 7.36. The number of nitrogen functional groups attached to an aromatic ring is 1. The molecule has 0 amide bonds. The molecule has 1 aliphatic carbocycles. The number of nitrogens with zero attached hydrogens (tertiary/aromatic N) is 6. The highest BCUT2D eigenvalue weighted by Gasteiger charge is 2.48. The Bertz CT molecular complexity index is 1340. The number of aliphatic carboxylic acids is 1. The zero-order valence-electron chi connectivity index (χ0n) is 21.3. The number of nitriles is 1. The van der Waals surface area contributed by atoms with Crippen LogP contribution in [-0.2, 0) is 20.6 Å². The zero-order valence-corrected chi connectivity index (χ0v) is 22.2. The average Bonchev–Trinajstić information content (AvgIpc) is 3.57. The van der Waals surface area contributed by atoms with E-state index in [4.69, 9.17) is 15.0 Å². The summed E-state index contributed by atoms with van der Waals surface area (Å²) in [6.45, 7) is 3.75. The summed E-state index contributed by atoms with van der Waals surface area (Å²) in [5, 5.41) is 19.1. The van der Waals surface area contributed by atoms with Crippen LogP contribution in [0.15, 0.2) is 36.9 Å². The molecule has 0 bridgehead atoms. The molecular weight excluding hydrogens is 509 g/mol. The molecule has 1 aliphatic rings. The third-order valence-corrected chi connectivity index (χ3v) is 8.03. The fraction of sp³-hybridized carbons (Fsp3) is 0.480. The summed E-state index contributed by atoms with van der Waals surface area (Å²) < 4.78 is 28.8. The Balaban J connectivity index is 1.55. The molecule has 12 nitrogen and oxygen atoms in total. The topological polar surface area (TPSA) is 169 Å². The lowest BCUT2D eigenvalue weighted by atomic mass is 9.88. The average molecular weight is 541 g/mol. The van der Waals surface area contributed by atoms with Crippen LogP contribution >= 0.6 is 8.18 Å². The van der Waals surface area contributed by atoms with Gasteiger partial charge in [0.2, 0.25) is 0 Å². The van der Waals surface area contributed by atoms with Crippen LogP contribution in [0.1, 0.15) is 45.1 Å². The molecule has 13 heteroatoms. The summed E-state index contributed by atoms with van der Waals surface area (Å²) in [6, 6.07) is 7.84. The lowest BCUT2D eigenvalue weighted by Crippen LogP contribution is -2.45. The molecule has 38 heavy (non-hydrogen) atoms. The van der Waals surface area contributed by atoms with Gasteiger partial charge in [0.15, 0.2) is 17.2 Å². The number of hydrogen-bond acceptors (Lipinski definition) is 9. The number of carboxylic acids is 1. The summed E-state index contributed by atoms with van der Waals surface area (Å²) in [7, 11) is -2.53. The van der Waals surface area contributed by atoms with Gasteiger partial charge in [0.25, 0.3) is 0 Å². The molecule has 0 saturated heterocycles. The molecule has 2 heterocycles. The fourth-order valence-electron chi connectivity index (χ4n) is 4.93. The minimum atomic E-state index is -2.53. The quantitative estimate of drug-likeness (QED) is 0.252. The van der Waals surface area contributed by atoms with E-state index in [1.807, 2.05) is 13.0 Å². The minimum absolute atomic E-state index is 0.0327. The van der Waals surface area contributed by atoms with Crippen molar-refractivity contribution in [1.29, 1.82) is 5.26 Å². The summed E-state index contributed by atoms with van der Waals surface area (Å²) in [5.41, 5.74) is 7.31. The Morgan fingerprint density at radius 3 is 2.79 bits per heavy atom. The van der Waals surface area contributed by atoms with Crippen molar-refractivity contribution < 1.29 is 23.7 Å². The van der Waals surface area contributed by atoms with E-state index < -0.39 is 26.1 Å². The molecule has 1 aromatic carbocycles. The number of ether oxygens (including phenoxy) is 1. The molecule has 4 rings (SSSR count). The van der Waals surface area contributed by atoms with Crippen molar-refractivity contribution >= 4 is 31.1 Å². The van der Waals surface area contributed by atoms with E-state index in [1.165, 1.54) is 17.1 Å². The van der Waals surface area contributed by atoms with Crippen LogP contribution in [0.2, 0.25) is 0 Å². The van der Waals surface area contributed by atoms with E-state index in [-0.39, 0.29) is 30.3 Å². The van der Waals surface area contributed by atoms with Gasteiger partial charge in [-0.05, 0) is 42.5 Å². The Labute approximate surface area is 221 Å². The van der Waals surface area contributed by atoms with Gasteiger partial charge in [0.05, 0.1) is 42.6 Å². The number of carbonyl (C=O) groups is 1. The summed E-state index contributed by atoms with van der Waals surface area (Å²) >= 11 is 0. The largest absolute Gasteiger partial charge is 0.669 e. The van der Waals surface area contributed by atoms with E-state index in [0.717, 1.165) is 25.7 Å². The van der Waals surface area contributed by atoms with Crippen molar-refractivity contribution in [3.63, 3.8) is 0 Å². The van der Waals surface area contributed by atoms with Gasteiger partial charge in [-0.15, -0.1) is 0 Å². The van der Waals surface area contributed by atoms with Crippen LogP contribution in [0, 0.1) is 23.2 Å². The molecule has 0 radical (unpaired) electrons. The highest BCUT2D eigenvalue weighted by Crippen LogP contribution is 2.42. The summed E-state index contributed by atoms with van der Waals surface area (Å²) in [6.07, 6.45) is 6.24. The van der Waals surface area contributed by atoms with E-state index in [0.29, 0.717) is 23.3 Å². The van der Waals surface area contributed by atoms with Crippen LogP contribution in [0.5, 0.6) is 5.75 Å². The predicted molar refractivity (Wildman–Crippen MR) is 139 cm³/mol. The van der Waals surface area contributed by atoms with Crippen molar-refractivity contribution in [2.45, 2.75) is 58.2 Å². The number of anilines is 1. The molecular formula is C25H31N7O5P+. The molecule has 3 unspecified atom stereocenters. The Kier molecular flexibility index (Phi) is 8.84. The van der Waals surface area contributed by atoms with Crippen LogP contribution < -0.4 is 10.3 Å². The van der Waals surface area contributed by atoms with Gasteiger partial charge < -0.3 is 20.1 Å². The van der Waals surface area contributed by atoms with Gasteiger partial charge in [-0.1, -0.05) is 25.8 Å². The van der Waals surface area contributed by atoms with Gasteiger partial charge in [0, 0.05) is 10.6 Å². The monoisotopic (exact) mass is 540 g/mol. The summed E-state index contributed by atoms with van der Waals surface area (Å²) in [5.74, 6) is -1.20. The SMILES string of the molecule is CC(C(=O)O)C(C1CCCC1)N(CO[C@H](C)Cn1cnc2c(N)ncnc21)[P+](=O)Oc1cccc(C#N)c1. The second kappa shape index (κ2) is 12.3. The van der Waals surface area contributed by atoms with Crippen molar-refractivity contribution in [3.8, 4) is 11.8 Å². The van der Waals surface area contributed by atoms with E-state index >= 15 is 0 Å². The van der Waals surface area contributed by atoms with E-state index in [9.17, 15) is 19.7 Å². The number of imidazole rings is 1. The Morgan fingerprint density at radius 2 is 2.08 bits per heavy atom. The van der Waals surface area contributed by atoms with Crippen molar-refractivity contribution in [2.75, 3.05) is 12.5 Å². The van der Waals surface area contributed by atoms with Crippen LogP contribution in [0.3, 0.4) is 0 Å². The smallest absolute Gasteiger partial charge is 0.481 e. The van der Waals surface area contributed by atoms with Gasteiger partial charge in [-0.3, -0.25) is 4.79 Å². The maximum absolute atomic E-state index is 13.6. The number of rotatable bonds is 12. The fourth-order valence-corrected chi connectivity index (χ4v) is 6.09. The van der Waals surface area contributed by atoms with Gasteiger partial charge in [0.1, 0.15) is 18.6 Å². The first kappa shape index (κ1) is 27.4. The number of carboxylic acid groups (broad SMARTS) is 1. The first-order valence-corrected chi connectivity index (χ1v) is 13.6. The second-order valence-electron chi connectivity index (χ2n) is 9.50. The van der Waals surface area contributed by atoms with Gasteiger partial charge in [-0.2, -0.15) is 5.26 Å². The Hall–Kier alpha value is -3.65. The molecule has 0 spiro atoms. The predicted octanol–water partition coefficient (Wildman–Crippen LogP) is 3.96. The van der Waals surface area contributed by atoms with Gasteiger partial charge in [-0.25, -0.2) is 19.5 Å². The Morgan fingerprint density at radius 1 is 1.32 bits per heavy atom. The number of nitrogens with two attached hydrogens (primary N) is 1. The third kappa shape index (κ3) is 6.25. The van der Waals surface area contributed by atoms with Crippen molar-refractivity contribution in [3.05, 3.63) is 42.5 Å². The maximum atomic E-state index is 13.6. The molecule has 4 atom stereocenters. The lowest BCUT2D eigenvalue weighted by molar-refractivity contribution is -0.144. The standard InChI is InChI=1S/C25H30N7O5P/c1-16(12-31-14-30-21-23(27)28-13-29-24(21)31)36-15-32(22(17(2)25(33)34)19-7-3-4-8-19)38(35)37-20-9-5-6-18(10-20)11-26/h5-6,9-10,13-14,16-17,19,22H,3-4,7-8,12,15H2,1-2H3,(H2-,27,28,29,33,34)/p+1/t16-,17?,22?/m1/s1. The van der Waals surface area contributed by atoms with Crippen molar-refractivity contribution in [2.24, 2.45) is 11.8 Å². The molecule has 1 saturated carbocycles. The normalized spacial score (nSPS) is 16.7. The third-order valence-electron chi connectivity index (χ3n) is 6.86. The number of benzene rings is 1. The lowest BCUT2D eigenvalue weighted by Gasteiger charge is -2.30. The van der Waals surface area contributed by atoms with Crippen LogP contribution in [-0.4, -0.2) is 54.1 Å². The highest BCUT2D eigenvalue weighted by atomic mass is 31.1. The van der Waals surface area contributed by atoms with Crippen molar-refractivity contribution in [1.82, 2.24) is 24.2 Å².